The van der Waals surface area contributed by atoms with E-state index in [2.05, 4.69) is 10.3 Å². The zero-order chi connectivity index (χ0) is 16.8. The fraction of sp³-hybridized carbons (Fsp3) is 0.368. The van der Waals surface area contributed by atoms with Gasteiger partial charge >= 0.3 is 0 Å². The second-order valence-corrected chi connectivity index (χ2v) is 6.14. The van der Waals surface area contributed by atoms with E-state index in [1.807, 2.05) is 42.5 Å². The van der Waals surface area contributed by atoms with Crippen molar-refractivity contribution in [2.75, 3.05) is 19.8 Å². The first-order chi connectivity index (χ1) is 11.8. The number of hydrogen-bond donors (Lipinski definition) is 2. The topological polar surface area (TPSA) is 71.5 Å². The molecule has 24 heavy (non-hydrogen) atoms. The van der Waals surface area contributed by atoms with E-state index in [0.29, 0.717) is 26.0 Å². The van der Waals surface area contributed by atoms with Crippen LogP contribution in [0.4, 0.5) is 0 Å². The lowest BCUT2D eigenvalue weighted by atomic mass is 9.95. The maximum Gasteiger partial charge on any atom is 0.226 e. The molecule has 0 bridgehead atoms. The first-order valence-corrected chi connectivity index (χ1v) is 8.25. The van der Waals surface area contributed by atoms with Crippen molar-refractivity contribution in [2.45, 2.75) is 12.8 Å². The van der Waals surface area contributed by atoms with E-state index in [1.54, 1.807) is 6.20 Å². The molecule has 0 fully saturated rings. The zero-order valence-corrected chi connectivity index (χ0v) is 13.5. The van der Waals surface area contributed by atoms with Gasteiger partial charge in [-0.2, -0.15) is 0 Å². The lowest BCUT2D eigenvalue weighted by Gasteiger charge is -2.25. The Labute approximate surface area is 141 Å². The molecule has 1 aromatic heterocycles. The van der Waals surface area contributed by atoms with E-state index in [1.165, 1.54) is 0 Å². The van der Waals surface area contributed by atoms with Crippen LogP contribution < -0.4 is 10.1 Å². The normalized spacial score (nSPS) is 17.5. The van der Waals surface area contributed by atoms with E-state index in [0.717, 1.165) is 17.0 Å². The van der Waals surface area contributed by atoms with Crippen molar-refractivity contribution in [1.29, 1.82) is 0 Å². The van der Waals surface area contributed by atoms with Crippen molar-refractivity contribution in [2.24, 2.45) is 11.8 Å². The summed E-state index contributed by atoms with van der Waals surface area (Å²) in [5.74, 6) is 0.614. The van der Waals surface area contributed by atoms with Gasteiger partial charge in [-0.3, -0.25) is 9.78 Å². The number of hydrogen-bond acceptors (Lipinski definition) is 4. The van der Waals surface area contributed by atoms with Crippen LogP contribution in [0.15, 0.2) is 48.7 Å². The molecule has 0 spiro atoms. The van der Waals surface area contributed by atoms with Gasteiger partial charge in [0.15, 0.2) is 0 Å². The Kier molecular flexibility index (Phi) is 5.43. The van der Waals surface area contributed by atoms with E-state index in [9.17, 15) is 9.90 Å². The predicted molar refractivity (Wildman–Crippen MR) is 90.7 cm³/mol. The van der Waals surface area contributed by atoms with Gasteiger partial charge in [-0.15, -0.1) is 0 Å². The Hall–Kier alpha value is -2.40. The number of fused-ring (bicyclic) bond motifs is 1. The maximum absolute atomic E-state index is 12.4. The number of pyridine rings is 1. The summed E-state index contributed by atoms with van der Waals surface area (Å²) in [4.78, 5) is 16.7. The molecular formula is C19H22N2O3. The fourth-order valence-electron chi connectivity index (χ4n) is 2.90. The number of ether oxygens (including phenoxy) is 1. The van der Waals surface area contributed by atoms with Crippen LogP contribution in [0, 0.1) is 11.8 Å². The first kappa shape index (κ1) is 16.5. The number of aromatic nitrogens is 1. The highest BCUT2D eigenvalue weighted by Crippen LogP contribution is 2.26. The molecular weight excluding hydrogens is 304 g/mol. The maximum atomic E-state index is 12.4. The van der Waals surface area contributed by atoms with E-state index in [-0.39, 0.29) is 24.3 Å². The highest BCUT2D eigenvalue weighted by atomic mass is 16.5. The molecule has 2 atom stereocenters. The molecule has 5 nitrogen and oxygen atoms in total. The number of amides is 1. The Morgan fingerprint density at radius 1 is 1.29 bits per heavy atom. The number of carbonyl (C=O) groups excluding carboxylic acids is 1. The summed E-state index contributed by atoms with van der Waals surface area (Å²) in [5.41, 5.74) is 1.98. The molecule has 1 amide bonds. The quantitative estimate of drug-likeness (QED) is 0.846. The monoisotopic (exact) mass is 326 g/mol. The summed E-state index contributed by atoms with van der Waals surface area (Å²) in [7, 11) is 0. The summed E-state index contributed by atoms with van der Waals surface area (Å²) in [6, 6.07) is 13.5. The van der Waals surface area contributed by atoms with Crippen LogP contribution >= 0.6 is 0 Å². The standard InChI is InChI=1S/C19H22N2O3/c22-12-14(9-17-6-3-4-8-20-17)11-21-19(23)16-10-15-5-1-2-7-18(15)24-13-16/h1-8,14,16,22H,9-13H2,(H,21,23). The number of benzene rings is 1. The Bertz CT molecular complexity index is 675. The summed E-state index contributed by atoms with van der Waals surface area (Å²) in [5, 5.41) is 12.5. The zero-order valence-electron chi connectivity index (χ0n) is 13.5. The molecule has 3 rings (SSSR count). The molecule has 126 valence electrons. The second-order valence-electron chi connectivity index (χ2n) is 6.14. The second kappa shape index (κ2) is 7.93. The van der Waals surface area contributed by atoms with Crippen molar-refractivity contribution in [1.82, 2.24) is 10.3 Å². The van der Waals surface area contributed by atoms with Gasteiger partial charge in [0, 0.05) is 31.0 Å². The summed E-state index contributed by atoms with van der Waals surface area (Å²) in [6.45, 7) is 0.845. The first-order valence-electron chi connectivity index (χ1n) is 8.25. The molecule has 5 heteroatoms. The molecule has 1 aliphatic heterocycles. The van der Waals surface area contributed by atoms with E-state index in [4.69, 9.17) is 4.74 Å². The fourth-order valence-corrected chi connectivity index (χ4v) is 2.90. The van der Waals surface area contributed by atoms with Gasteiger partial charge in [0.1, 0.15) is 12.4 Å². The highest BCUT2D eigenvalue weighted by molar-refractivity contribution is 5.79. The lowest BCUT2D eigenvalue weighted by Crippen LogP contribution is -2.40. The van der Waals surface area contributed by atoms with Crippen LogP contribution in [0.25, 0.3) is 0 Å². The molecule has 2 N–H and O–H groups in total. The van der Waals surface area contributed by atoms with Gasteiger partial charge in [-0.05, 0) is 36.6 Å². The molecule has 0 aliphatic carbocycles. The molecule has 1 aliphatic rings. The third-order valence-corrected chi connectivity index (χ3v) is 4.30. The van der Waals surface area contributed by atoms with Crippen molar-refractivity contribution in [3.63, 3.8) is 0 Å². The lowest BCUT2D eigenvalue weighted by molar-refractivity contribution is -0.126. The van der Waals surface area contributed by atoms with Crippen molar-refractivity contribution in [3.05, 3.63) is 59.9 Å². The summed E-state index contributed by atoms with van der Waals surface area (Å²) < 4.78 is 5.67. The molecule has 2 aromatic rings. The minimum Gasteiger partial charge on any atom is -0.492 e. The number of aliphatic hydroxyl groups is 1. The van der Waals surface area contributed by atoms with E-state index >= 15 is 0 Å². The number of aliphatic hydroxyl groups excluding tert-OH is 1. The highest BCUT2D eigenvalue weighted by Gasteiger charge is 2.26. The SMILES string of the molecule is O=C(NCC(CO)Cc1ccccn1)C1COc2ccccc2C1. The molecule has 1 aromatic carbocycles. The van der Waals surface area contributed by atoms with Gasteiger partial charge < -0.3 is 15.2 Å². The minimum atomic E-state index is -0.186. The minimum absolute atomic E-state index is 0.0147. The summed E-state index contributed by atoms with van der Waals surface area (Å²) in [6.07, 6.45) is 3.06. The average molecular weight is 326 g/mol. The van der Waals surface area contributed by atoms with E-state index < -0.39 is 0 Å². The smallest absolute Gasteiger partial charge is 0.226 e. The Morgan fingerprint density at radius 3 is 2.92 bits per heavy atom. The molecule has 2 heterocycles. The van der Waals surface area contributed by atoms with Crippen LogP contribution in [0.2, 0.25) is 0 Å². The molecule has 2 unspecified atom stereocenters. The number of carbonyl (C=O) groups is 1. The van der Waals surface area contributed by atoms with Gasteiger partial charge in [-0.25, -0.2) is 0 Å². The van der Waals surface area contributed by atoms with Crippen LogP contribution in [-0.4, -0.2) is 35.8 Å². The number of para-hydroxylation sites is 1. The van der Waals surface area contributed by atoms with Crippen LogP contribution in [-0.2, 0) is 17.6 Å². The van der Waals surface area contributed by atoms with Crippen LogP contribution in [0.5, 0.6) is 5.75 Å². The van der Waals surface area contributed by atoms with Gasteiger partial charge in [0.05, 0.1) is 5.92 Å². The van der Waals surface area contributed by atoms with Crippen molar-refractivity contribution >= 4 is 5.91 Å². The third kappa shape index (κ3) is 4.11. The summed E-state index contributed by atoms with van der Waals surface area (Å²) >= 11 is 0. The molecule has 0 saturated heterocycles. The Balaban J connectivity index is 1.51. The number of nitrogens with zero attached hydrogens (tertiary/aromatic N) is 1. The molecule has 0 saturated carbocycles. The van der Waals surface area contributed by atoms with Crippen molar-refractivity contribution in [3.8, 4) is 5.75 Å². The third-order valence-electron chi connectivity index (χ3n) is 4.30. The van der Waals surface area contributed by atoms with Crippen LogP contribution in [0.1, 0.15) is 11.3 Å². The number of nitrogens with one attached hydrogen (secondary N) is 1. The molecule has 0 radical (unpaired) electrons. The largest absolute Gasteiger partial charge is 0.492 e. The predicted octanol–water partition coefficient (Wildman–Crippen LogP) is 1.60. The van der Waals surface area contributed by atoms with Crippen molar-refractivity contribution < 1.29 is 14.6 Å². The number of rotatable bonds is 6. The van der Waals surface area contributed by atoms with Crippen LogP contribution in [0.3, 0.4) is 0 Å². The average Bonchev–Trinajstić information content (AvgIpc) is 2.65. The Morgan fingerprint density at radius 2 is 2.12 bits per heavy atom. The van der Waals surface area contributed by atoms with Gasteiger partial charge in [-0.1, -0.05) is 24.3 Å². The van der Waals surface area contributed by atoms with Gasteiger partial charge in [0.2, 0.25) is 5.91 Å². The van der Waals surface area contributed by atoms with Gasteiger partial charge in [0.25, 0.3) is 0 Å².